The SMILES string of the molecule is CC(C)NCSc1cccc(Cl)c1. The quantitative estimate of drug-likeness (QED) is 0.611. The smallest absolute Gasteiger partial charge is 0.0467 e. The van der Waals surface area contributed by atoms with Crippen LogP contribution in [0.2, 0.25) is 5.02 Å². The average molecular weight is 216 g/mol. The Labute approximate surface area is 88.9 Å². The van der Waals surface area contributed by atoms with Crippen LogP contribution in [0.4, 0.5) is 0 Å². The molecule has 3 heteroatoms. The summed E-state index contributed by atoms with van der Waals surface area (Å²) in [6, 6.07) is 8.44. The van der Waals surface area contributed by atoms with E-state index in [9.17, 15) is 0 Å². The Bertz CT molecular complexity index is 263. The zero-order chi connectivity index (χ0) is 9.68. The lowest BCUT2D eigenvalue weighted by atomic mass is 10.4. The van der Waals surface area contributed by atoms with Crippen LogP contribution >= 0.6 is 23.4 Å². The predicted octanol–water partition coefficient (Wildman–Crippen LogP) is 3.39. The van der Waals surface area contributed by atoms with Crippen molar-refractivity contribution < 1.29 is 0 Å². The highest BCUT2D eigenvalue weighted by atomic mass is 35.5. The number of rotatable bonds is 4. The summed E-state index contributed by atoms with van der Waals surface area (Å²) in [5.74, 6) is 0.929. The second-order valence-corrected chi connectivity index (χ2v) is 4.59. The molecule has 0 fully saturated rings. The Kier molecular flexibility index (Phi) is 4.64. The molecule has 1 aromatic carbocycles. The molecule has 0 heterocycles. The summed E-state index contributed by atoms with van der Waals surface area (Å²) in [5, 5.41) is 4.13. The molecule has 0 aliphatic rings. The molecule has 0 saturated carbocycles. The van der Waals surface area contributed by atoms with Gasteiger partial charge in [0.15, 0.2) is 0 Å². The summed E-state index contributed by atoms with van der Waals surface area (Å²) in [5.41, 5.74) is 0. The van der Waals surface area contributed by atoms with Crippen molar-refractivity contribution >= 4 is 23.4 Å². The van der Waals surface area contributed by atoms with E-state index in [2.05, 4.69) is 25.2 Å². The highest BCUT2D eigenvalue weighted by Crippen LogP contribution is 2.20. The third kappa shape index (κ3) is 4.55. The summed E-state index contributed by atoms with van der Waals surface area (Å²) < 4.78 is 0. The van der Waals surface area contributed by atoms with Crippen LogP contribution in [-0.2, 0) is 0 Å². The van der Waals surface area contributed by atoms with Crippen molar-refractivity contribution in [1.29, 1.82) is 0 Å². The highest BCUT2D eigenvalue weighted by Gasteiger charge is 1.95. The van der Waals surface area contributed by atoms with Crippen LogP contribution in [0, 0.1) is 0 Å². The fourth-order valence-electron chi connectivity index (χ4n) is 0.848. The van der Waals surface area contributed by atoms with Gasteiger partial charge in [-0.3, -0.25) is 0 Å². The first-order valence-corrected chi connectivity index (χ1v) is 5.66. The van der Waals surface area contributed by atoms with Gasteiger partial charge in [0.2, 0.25) is 0 Å². The highest BCUT2D eigenvalue weighted by molar-refractivity contribution is 7.99. The monoisotopic (exact) mass is 215 g/mol. The minimum absolute atomic E-state index is 0.534. The number of hydrogen-bond acceptors (Lipinski definition) is 2. The van der Waals surface area contributed by atoms with Crippen molar-refractivity contribution in [3.63, 3.8) is 0 Å². The number of thioether (sulfide) groups is 1. The van der Waals surface area contributed by atoms with E-state index in [0.29, 0.717) is 6.04 Å². The molecule has 0 aliphatic carbocycles. The largest absolute Gasteiger partial charge is 0.305 e. The van der Waals surface area contributed by atoms with Gasteiger partial charge in [0.05, 0.1) is 0 Å². The maximum atomic E-state index is 5.85. The van der Waals surface area contributed by atoms with Gasteiger partial charge < -0.3 is 5.32 Å². The summed E-state index contributed by atoms with van der Waals surface area (Å²) >= 11 is 7.62. The van der Waals surface area contributed by atoms with Gasteiger partial charge in [0.25, 0.3) is 0 Å². The van der Waals surface area contributed by atoms with Gasteiger partial charge in [-0.25, -0.2) is 0 Å². The van der Waals surface area contributed by atoms with E-state index in [4.69, 9.17) is 11.6 Å². The zero-order valence-corrected chi connectivity index (χ0v) is 9.45. The third-order valence-electron chi connectivity index (χ3n) is 1.53. The summed E-state index contributed by atoms with van der Waals surface area (Å²) in [4.78, 5) is 1.21. The minimum atomic E-state index is 0.534. The van der Waals surface area contributed by atoms with E-state index in [1.807, 2.05) is 18.2 Å². The maximum absolute atomic E-state index is 5.85. The number of benzene rings is 1. The van der Waals surface area contributed by atoms with E-state index < -0.39 is 0 Å². The van der Waals surface area contributed by atoms with Crippen LogP contribution in [0.25, 0.3) is 0 Å². The molecule has 72 valence electrons. The van der Waals surface area contributed by atoms with Gasteiger partial charge >= 0.3 is 0 Å². The van der Waals surface area contributed by atoms with E-state index in [1.165, 1.54) is 4.90 Å². The van der Waals surface area contributed by atoms with Gasteiger partial charge in [-0.2, -0.15) is 0 Å². The standard InChI is InChI=1S/C10H14ClNS/c1-8(2)12-7-13-10-5-3-4-9(11)6-10/h3-6,8,12H,7H2,1-2H3. The number of hydrogen-bond donors (Lipinski definition) is 1. The first-order valence-electron chi connectivity index (χ1n) is 4.30. The third-order valence-corrected chi connectivity index (χ3v) is 2.66. The van der Waals surface area contributed by atoms with Crippen molar-refractivity contribution in [2.45, 2.75) is 24.8 Å². The van der Waals surface area contributed by atoms with Crippen LogP contribution in [0.3, 0.4) is 0 Å². The van der Waals surface area contributed by atoms with E-state index in [1.54, 1.807) is 11.8 Å². The molecule has 0 aromatic heterocycles. The molecule has 1 N–H and O–H groups in total. The molecule has 0 saturated heterocycles. The topological polar surface area (TPSA) is 12.0 Å². The lowest BCUT2D eigenvalue weighted by molar-refractivity contribution is 0.654. The zero-order valence-electron chi connectivity index (χ0n) is 7.88. The van der Waals surface area contributed by atoms with Crippen LogP contribution in [0.15, 0.2) is 29.2 Å². The maximum Gasteiger partial charge on any atom is 0.0467 e. The predicted molar refractivity (Wildman–Crippen MR) is 60.4 cm³/mol. The molecule has 0 spiro atoms. The molecule has 1 aromatic rings. The van der Waals surface area contributed by atoms with E-state index in [-0.39, 0.29) is 0 Å². The van der Waals surface area contributed by atoms with Crippen molar-refractivity contribution in [3.8, 4) is 0 Å². The van der Waals surface area contributed by atoms with Gasteiger partial charge in [-0.05, 0) is 18.2 Å². The fraction of sp³-hybridized carbons (Fsp3) is 0.400. The lowest BCUT2D eigenvalue weighted by Gasteiger charge is -2.07. The molecule has 1 rings (SSSR count). The molecule has 0 unspecified atom stereocenters. The van der Waals surface area contributed by atoms with Gasteiger partial charge in [-0.15, -0.1) is 11.8 Å². The first kappa shape index (κ1) is 10.9. The molecule has 13 heavy (non-hydrogen) atoms. The summed E-state index contributed by atoms with van der Waals surface area (Å²) in [7, 11) is 0. The Morgan fingerprint density at radius 1 is 1.46 bits per heavy atom. The normalized spacial score (nSPS) is 10.8. The molecular weight excluding hydrogens is 202 g/mol. The van der Waals surface area contributed by atoms with Gasteiger partial charge in [0.1, 0.15) is 0 Å². The Hall–Kier alpha value is -0.180. The van der Waals surface area contributed by atoms with Crippen LogP contribution in [-0.4, -0.2) is 11.9 Å². The summed E-state index contributed by atoms with van der Waals surface area (Å²) in [6.45, 7) is 4.27. The second kappa shape index (κ2) is 5.53. The second-order valence-electron chi connectivity index (χ2n) is 3.10. The molecule has 0 aliphatic heterocycles. The van der Waals surface area contributed by atoms with E-state index in [0.717, 1.165) is 10.9 Å². The minimum Gasteiger partial charge on any atom is -0.305 e. The summed E-state index contributed by atoms with van der Waals surface area (Å²) in [6.07, 6.45) is 0. The van der Waals surface area contributed by atoms with E-state index >= 15 is 0 Å². The number of halogens is 1. The van der Waals surface area contributed by atoms with Crippen LogP contribution in [0.5, 0.6) is 0 Å². The molecule has 0 bridgehead atoms. The molecule has 1 nitrogen and oxygen atoms in total. The van der Waals surface area contributed by atoms with Crippen LogP contribution in [0.1, 0.15) is 13.8 Å². The van der Waals surface area contributed by atoms with Gasteiger partial charge in [0, 0.05) is 21.8 Å². The first-order chi connectivity index (χ1) is 6.18. The van der Waals surface area contributed by atoms with Gasteiger partial charge in [-0.1, -0.05) is 31.5 Å². The Morgan fingerprint density at radius 3 is 2.85 bits per heavy atom. The lowest BCUT2D eigenvalue weighted by Crippen LogP contribution is -2.21. The molecule has 0 atom stereocenters. The molecule has 0 amide bonds. The number of nitrogens with one attached hydrogen (secondary N) is 1. The van der Waals surface area contributed by atoms with Crippen molar-refractivity contribution in [3.05, 3.63) is 29.3 Å². The molecule has 0 radical (unpaired) electrons. The Balaban J connectivity index is 2.37. The van der Waals surface area contributed by atoms with Crippen molar-refractivity contribution in [1.82, 2.24) is 5.32 Å². The van der Waals surface area contributed by atoms with Crippen molar-refractivity contribution in [2.24, 2.45) is 0 Å². The average Bonchev–Trinajstić information content (AvgIpc) is 2.03. The fourth-order valence-corrected chi connectivity index (χ4v) is 2.07. The molecular formula is C10H14ClNS. The Morgan fingerprint density at radius 2 is 2.23 bits per heavy atom. The van der Waals surface area contributed by atoms with Crippen LogP contribution < -0.4 is 5.32 Å². The van der Waals surface area contributed by atoms with Crippen molar-refractivity contribution in [2.75, 3.05) is 5.88 Å².